The van der Waals surface area contributed by atoms with Crippen LogP contribution >= 0.6 is 15.9 Å². The molecule has 0 bridgehead atoms. The molecule has 1 aromatic rings. The maximum Gasteiger partial charge on any atom is 0.0584 e. The van der Waals surface area contributed by atoms with Crippen LogP contribution in [0.1, 0.15) is 31.7 Å². The van der Waals surface area contributed by atoms with Gasteiger partial charge in [-0.2, -0.15) is 0 Å². The van der Waals surface area contributed by atoms with Gasteiger partial charge in [0, 0.05) is 23.1 Å². The minimum absolute atomic E-state index is 0.244. The molecule has 0 aliphatic carbocycles. The topological polar surface area (TPSA) is 35.5 Å². The molecule has 1 atom stereocenters. The monoisotopic (exact) mass is 340 g/mol. The number of piperidine rings is 1. The van der Waals surface area contributed by atoms with Crippen LogP contribution in [0.25, 0.3) is 0 Å². The Balaban J connectivity index is 1.78. The molecule has 4 heteroatoms. The molecule has 2 rings (SSSR count). The molecule has 1 aliphatic rings. The van der Waals surface area contributed by atoms with Gasteiger partial charge in [0.1, 0.15) is 0 Å². The summed E-state index contributed by atoms with van der Waals surface area (Å²) in [5.74, 6) is 0. The predicted molar refractivity (Wildman–Crippen MR) is 86.7 cm³/mol. The van der Waals surface area contributed by atoms with Gasteiger partial charge in [-0.25, -0.2) is 0 Å². The molecule has 1 heterocycles. The lowest BCUT2D eigenvalue weighted by Crippen LogP contribution is -2.46. The number of rotatable bonds is 6. The summed E-state index contributed by atoms with van der Waals surface area (Å²) >= 11 is 3.62. The third-order valence-corrected chi connectivity index (χ3v) is 4.90. The van der Waals surface area contributed by atoms with Crippen molar-refractivity contribution in [1.29, 1.82) is 0 Å². The van der Waals surface area contributed by atoms with E-state index in [1.165, 1.54) is 22.9 Å². The van der Waals surface area contributed by atoms with Crippen LogP contribution < -0.4 is 5.32 Å². The van der Waals surface area contributed by atoms with Crippen LogP contribution in [-0.2, 0) is 6.54 Å². The zero-order valence-electron chi connectivity index (χ0n) is 12.2. The maximum atomic E-state index is 9.26. The Kier molecular flexibility index (Phi) is 6.49. The van der Waals surface area contributed by atoms with Crippen LogP contribution in [0.3, 0.4) is 0 Å². The number of benzene rings is 1. The largest absolute Gasteiger partial charge is 0.395 e. The maximum absolute atomic E-state index is 9.26. The molecule has 3 nitrogen and oxygen atoms in total. The smallest absolute Gasteiger partial charge is 0.0584 e. The number of hydrogen-bond acceptors (Lipinski definition) is 3. The molecule has 0 aromatic heterocycles. The fourth-order valence-electron chi connectivity index (χ4n) is 2.76. The standard InChI is InChI=1S/C16H25BrN2O/c1-2-14(12-20)18-15-7-9-19(10-8-15)11-13-5-3-4-6-16(13)17/h3-6,14-15,18,20H,2,7-12H2,1H3/t14-/m0/s1. The minimum atomic E-state index is 0.244. The van der Waals surface area contributed by atoms with Gasteiger partial charge in [-0.15, -0.1) is 0 Å². The molecule has 1 aromatic carbocycles. The van der Waals surface area contributed by atoms with E-state index in [9.17, 15) is 5.11 Å². The van der Waals surface area contributed by atoms with Crippen molar-refractivity contribution >= 4 is 15.9 Å². The Hall–Kier alpha value is -0.420. The van der Waals surface area contributed by atoms with E-state index in [4.69, 9.17) is 0 Å². The highest BCUT2D eigenvalue weighted by molar-refractivity contribution is 9.10. The second-order valence-corrected chi connectivity index (χ2v) is 6.45. The van der Waals surface area contributed by atoms with E-state index in [0.29, 0.717) is 6.04 Å². The highest BCUT2D eigenvalue weighted by Gasteiger charge is 2.21. The lowest BCUT2D eigenvalue weighted by molar-refractivity contribution is 0.165. The summed E-state index contributed by atoms with van der Waals surface area (Å²) in [6.07, 6.45) is 3.33. The van der Waals surface area contributed by atoms with Crippen LogP contribution in [0.5, 0.6) is 0 Å². The van der Waals surface area contributed by atoms with Gasteiger partial charge >= 0.3 is 0 Å². The number of halogens is 1. The van der Waals surface area contributed by atoms with Gasteiger partial charge in [-0.3, -0.25) is 4.90 Å². The second kappa shape index (κ2) is 8.13. The normalized spacial score (nSPS) is 19.1. The van der Waals surface area contributed by atoms with Crippen LogP contribution in [0.15, 0.2) is 28.7 Å². The van der Waals surface area contributed by atoms with E-state index >= 15 is 0 Å². The molecule has 112 valence electrons. The first-order valence-electron chi connectivity index (χ1n) is 7.55. The highest BCUT2D eigenvalue weighted by atomic mass is 79.9. The highest BCUT2D eigenvalue weighted by Crippen LogP contribution is 2.20. The van der Waals surface area contributed by atoms with Crippen molar-refractivity contribution in [3.05, 3.63) is 34.3 Å². The molecular formula is C16H25BrN2O. The molecule has 0 amide bonds. The van der Waals surface area contributed by atoms with E-state index in [1.807, 2.05) is 0 Å². The first-order valence-corrected chi connectivity index (χ1v) is 8.35. The molecule has 1 fully saturated rings. The third kappa shape index (κ3) is 4.55. The van der Waals surface area contributed by atoms with Gasteiger partial charge in [0.05, 0.1) is 6.61 Å². The first kappa shape index (κ1) is 16.0. The lowest BCUT2D eigenvalue weighted by Gasteiger charge is -2.34. The van der Waals surface area contributed by atoms with Gasteiger partial charge in [0.15, 0.2) is 0 Å². The summed E-state index contributed by atoms with van der Waals surface area (Å²) in [6, 6.07) is 9.27. The Morgan fingerprint density at radius 1 is 1.35 bits per heavy atom. The first-order chi connectivity index (χ1) is 9.72. The zero-order valence-corrected chi connectivity index (χ0v) is 13.8. The Morgan fingerprint density at radius 3 is 2.65 bits per heavy atom. The zero-order chi connectivity index (χ0) is 14.4. The summed E-state index contributed by atoms with van der Waals surface area (Å²) in [4.78, 5) is 2.51. The van der Waals surface area contributed by atoms with Crippen molar-refractivity contribution in [2.45, 2.75) is 44.8 Å². The number of nitrogens with zero attached hydrogens (tertiary/aromatic N) is 1. The van der Waals surface area contributed by atoms with Crippen molar-refractivity contribution in [3.63, 3.8) is 0 Å². The number of likely N-dealkylation sites (tertiary alicyclic amines) is 1. The third-order valence-electron chi connectivity index (χ3n) is 4.12. The van der Waals surface area contributed by atoms with Crippen LogP contribution in [0, 0.1) is 0 Å². The van der Waals surface area contributed by atoms with Gasteiger partial charge in [0.2, 0.25) is 0 Å². The molecular weight excluding hydrogens is 316 g/mol. The van der Waals surface area contributed by atoms with Gasteiger partial charge in [0.25, 0.3) is 0 Å². The molecule has 2 N–H and O–H groups in total. The molecule has 1 saturated heterocycles. The second-order valence-electron chi connectivity index (χ2n) is 5.60. The van der Waals surface area contributed by atoms with E-state index in [1.54, 1.807) is 0 Å². The molecule has 0 radical (unpaired) electrons. The van der Waals surface area contributed by atoms with Gasteiger partial charge in [-0.1, -0.05) is 41.1 Å². The SMILES string of the molecule is CC[C@@H](CO)NC1CCN(Cc2ccccc2Br)CC1. The summed E-state index contributed by atoms with van der Waals surface area (Å²) in [7, 11) is 0. The van der Waals surface area contributed by atoms with E-state index in [-0.39, 0.29) is 12.6 Å². The molecule has 0 unspecified atom stereocenters. The predicted octanol–water partition coefficient (Wildman–Crippen LogP) is 2.77. The summed E-state index contributed by atoms with van der Waals surface area (Å²) in [5.41, 5.74) is 1.36. The average Bonchev–Trinajstić information content (AvgIpc) is 2.49. The number of nitrogens with one attached hydrogen (secondary N) is 1. The summed E-state index contributed by atoms with van der Waals surface area (Å²) < 4.78 is 1.20. The summed E-state index contributed by atoms with van der Waals surface area (Å²) in [5, 5.41) is 12.8. The van der Waals surface area contributed by atoms with Crippen LogP contribution in [0.2, 0.25) is 0 Å². The van der Waals surface area contributed by atoms with Crippen molar-refractivity contribution < 1.29 is 5.11 Å². The Labute approximate surface area is 130 Å². The number of aliphatic hydroxyl groups is 1. The fourth-order valence-corrected chi connectivity index (χ4v) is 3.17. The molecule has 1 aliphatic heterocycles. The average molecular weight is 341 g/mol. The summed E-state index contributed by atoms with van der Waals surface area (Å²) in [6.45, 7) is 5.64. The Morgan fingerprint density at radius 2 is 2.05 bits per heavy atom. The van der Waals surface area contributed by atoms with Crippen molar-refractivity contribution in [2.24, 2.45) is 0 Å². The van der Waals surface area contributed by atoms with E-state index in [0.717, 1.165) is 26.1 Å². The number of hydrogen-bond donors (Lipinski definition) is 2. The number of aliphatic hydroxyl groups excluding tert-OH is 1. The lowest BCUT2D eigenvalue weighted by atomic mass is 10.0. The van der Waals surface area contributed by atoms with E-state index in [2.05, 4.69) is 57.3 Å². The molecule has 20 heavy (non-hydrogen) atoms. The van der Waals surface area contributed by atoms with Crippen molar-refractivity contribution in [1.82, 2.24) is 10.2 Å². The minimum Gasteiger partial charge on any atom is -0.395 e. The fraction of sp³-hybridized carbons (Fsp3) is 0.625. The van der Waals surface area contributed by atoms with Crippen LogP contribution in [0.4, 0.5) is 0 Å². The van der Waals surface area contributed by atoms with Crippen LogP contribution in [-0.4, -0.2) is 41.8 Å². The molecule has 0 saturated carbocycles. The quantitative estimate of drug-likeness (QED) is 0.835. The Bertz CT molecular complexity index is 401. The van der Waals surface area contributed by atoms with E-state index < -0.39 is 0 Å². The molecule has 0 spiro atoms. The van der Waals surface area contributed by atoms with Crippen molar-refractivity contribution in [2.75, 3.05) is 19.7 Å². The van der Waals surface area contributed by atoms with Crippen molar-refractivity contribution in [3.8, 4) is 0 Å². The van der Waals surface area contributed by atoms with Gasteiger partial charge < -0.3 is 10.4 Å². The van der Waals surface area contributed by atoms with Gasteiger partial charge in [-0.05, 0) is 44.0 Å².